The molecule has 4 aromatic rings. The van der Waals surface area contributed by atoms with E-state index in [1.165, 1.54) is 17.7 Å². The number of hydrogen-bond donors (Lipinski definition) is 1. The van der Waals surface area contributed by atoms with Crippen molar-refractivity contribution in [1.82, 2.24) is 9.88 Å². The van der Waals surface area contributed by atoms with Crippen molar-refractivity contribution in [2.75, 3.05) is 6.54 Å². The van der Waals surface area contributed by atoms with E-state index < -0.39 is 0 Å². The number of amides is 1. The van der Waals surface area contributed by atoms with E-state index in [2.05, 4.69) is 17.4 Å². The largest absolute Gasteiger partial charge is 0.350 e. The normalized spacial score (nSPS) is 11.0. The molecule has 0 aliphatic carbocycles. The van der Waals surface area contributed by atoms with Crippen LogP contribution in [0.1, 0.15) is 21.6 Å². The van der Waals surface area contributed by atoms with Crippen LogP contribution < -0.4 is 5.32 Å². The van der Waals surface area contributed by atoms with Crippen LogP contribution >= 0.6 is 11.3 Å². The molecular formula is C22H19FN2OS. The molecule has 4 rings (SSSR count). The zero-order valence-electron chi connectivity index (χ0n) is 14.7. The van der Waals surface area contributed by atoms with Gasteiger partial charge in [0.1, 0.15) is 16.3 Å². The van der Waals surface area contributed by atoms with Gasteiger partial charge in [-0.15, -0.1) is 11.3 Å². The number of nitrogens with one attached hydrogen (secondary N) is 1. The molecule has 1 N–H and O–H groups in total. The average Bonchev–Trinajstić information content (AvgIpc) is 3.25. The highest BCUT2D eigenvalue weighted by atomic mass is 32.1. The Morgan fingerprint density at radius 3 is 2.63 bits per heavy atom. The molecule has 0 unspecified atom stereocenters. The molecule has 2 aromatic heterocycles. The summed E-state index contributed by atoms with van der Waals surface area (Å²) in [5.74, 6) is -0.373. The third kappa shape index (κ3) is 3.93. The first kappa shape index (κ1) is 17.5. The number of carbonyl (C=O) groups is 1. The standard InChI is InChI=1S/C22H19FN2OS/c23-19-8-4-7-17(13-19)15-25-20(14-18-10-12-27-22(18)25)21(26)24-11-9-16-5-2-1-3-6-16/h1-8,10,12-14H,9,11,15H2,(H,24,26). The van der Waals surface area contributed by atoms with Gasteiger partial charge in [0.25, 0.3) is 5.91 Å². The molecule has 5 heteroatoms. The minimum Gasteiger partial charge on any atom is -0.350 e. The Morgan fingerprint density at radius 1 is 1.00 bits per heavy atom. The summed E-state index contributed by atoms with van der Waals surface area (Å²) in [4.78, 5) is 13.8. The highest BCUT2D eigenvalue weighted by Gasteiger charge is 2.16. The lowest BCUT2D eigenvalue weighted by atomic mass is 10.1. The van der Waals surface area contributed by atoms with Crippen LogP contribution in [-0.4, -0.2) is 17.0 Å². The molecule has 0 saturated heterocycles. The zero-order chi connectivity index (χ0) is 18.6. The fourth-order valence-corrected chi connectivity index (χ4v) is 4.09. The highest BCUT2D eigenvalue weighted by Crippen LogP contribution is 2.26. The van der Waals surface area contributed by atoms with E-state index in [1.807, 2.05) is 46.3 Å². The SMILES string of the molecule is O=C(NCCc1ccccc1)c1cc2ccsc2n1Cc1cccc(F)c1. The molecule has 1 amide bonds. The van der Waals surface area contributed by atoms with E-state index in [4.69, 9.17) is 0 Å². The van der Waals surface area contributed by atoms with Crippen molar-refractivity contribution in [3.8, 4) is 0 Å². The summed E-state index contributed by atoms with van der Waals surface area (Å²) in [6.45, 7) is 1.03. The Balaban J connectivity index is 1.54. The maximum absolute atomic E-state index is 13.6. The van der Waals surface area contributed by atoms with Crippen LogP contribution in [0.25, 0.3) is 10.2 Å². The molecular weight excluding hydrogens is 359 g/mol. The fraction of sp³-hybridized carbons (Fsp3) is 0.136. The Labute approximate surface area is 161 Å². The zero-order valence-corrected chi connectivity index (χ0v) is 15.5. The molecule has 0 aliphatic rings. The van der Waals surface area contributed by atoms with Crippen LogP contribution in [0.4, 0.5) is 4.39 Å². The number of carbonyl (C=O) groups excluding carboxylic acids is 1. The second-order valence-electron chi connectivity index (χ2n) is 6.42. The topological polar surface area (TPSA) is 34.0 Å². The van der Waals surface area contributed by atoms with Gasteiger partial charge in [0.05, 0.1) is 0 Å². The monoisotopic (exact) mass is 378 g/mol. The molecule has 0 saturated carbocycles. The van der Waals surface area contributed by atoms with E-state index in [-0.39, 0.29) is 11.7 Å². The lowest BCUT2D eigenvalue weighted by Crippen LogP contribution is -2.28. The summed E-state index contributed by atoms with van der Waals surface area (Å²) < 4.78 is 15.5. The van der Waals surface area contributed by atoms with Gasteiger partial charge in [-0.2, -0.15) is 0 Å². The van der Waals surface area contributed by atoms with Crippen LogP contribution in [0.2, 0.25) is 0 Å². The number of aromatic nitrogens is 1. The lowest BCUT2D eigenvalue weighted by Gasteiger charge is -2.11. The number of fused-ring (bicyclic) bond motifs is 1. The Hall–Kier alpha value is -2.92. The summed E-state index contributed by atoms with van der Waals surface area (Å²) in [5.41, 5.74) is 2.63. The maximum atomic E-state index is 13.6. The fourth-order valence-electron chi connectivity index (χ4n) is 3.19. The van der Waals surface area contributed by atoms with Crippen LogP contribution in [0.3, 0.4) is 0 Å². The third-order valence-electron chi connectivity index (χ3n) is 4.51. The quantitative estimate of drug-likeness (QED) is 0.511. The van der Waals surface area contributed by atoms with Gasteiger partial charge in [-0.3, -0.25) is 4.79 Å². The molecule has 2 aromatic carbocycles. The Morgan fingerprint density at radius 2 is 1.81 bits per heavy atom. The number of nitrogens with zero attached hydrogens (tertiary/aromatic N) is 1. The molecule has 0 fully saturated rings. The van der Waals surface area contributed by atoms with Crippen molar-refractivity contribution < 1.29 is 9.18 Å². The number of halogens is 1. The second-order valence-corrected chi connectivity index (χ2v) is 7.31. The van der Waals surface area contributed by atoms with Gasteiger partial charge < -0.3 is 9.88 Å². The van der Waals surface area contributed by atoms with Crippen molar-refractivity contribution in [2.24, 2.45) is 0 Å². The molecule has 0 aliphatic heterocycles. The predicted molar refractivity (Wildman–Crippen MR) is 108 cm³/mol. The highest BCUT2D eigenvalue weighted by molar-refractivity contribution is 7.16. The van der Waals surface area contributed by atoms with Crippen LogP contribution in [0, 0.1) is 5.82 Å². The first-order valence-corrected chi connectivity index (χ1v) is 9.72. The molecule has 27 heavy (non-hydrogen) atoms. The maximum Gasteiger partial charge on any atom is 0.267 e. The van der Waals surface area contributed by atoms with E-state index in [0.29, 0.717) is 18.8 Å². The molecule has 136 valence electrons. The Kier molecular flexibility index (Phi) is 5.03. The third-order valence-corrected chi connectivity index (χ3v) is 5.46. The predicted octanol–water partition coefficient (Wildman–Crippen LogP) is 4.86. The number of hydrogen-bond acceptors (Lipinski definition) is 2. The number of benzene rings is 2. The summed E-state index contributed by atoms with van der Waals surface area (Å²) in [6.07, 6.45) is 0.783. The Bertz CT molecular complexity index is 1070. The molecule has 0 spiro atoms. The smallest absolute Gasteiger partial charge is 0.267 e. The second kappa shape index (κ2) is 7.76. The van der Waals surface area contributed by atoms with Crippen LogP contribution in [0.15, 0.2) is 72.1 Å². The minimum atomic E-state index is -0.268. The summed E-state index contributed by atoms with van der Waals surface area (Å²) in [5, 5.41) is 6.04. The number of thiophene rings is 1. The number of rotatable bonds is 6. The summed E-state index contributed by atoms with van der Waals surface area (Å²) in [6, 6.07) is 20.5. The van der Waals surface area contributed by atoms with Crippen molar-refractivity contribution in [3.63, 3.8) is 0 Å². The molecule has 0 atom stereocenters. The van der Waals surface area contributed by atoms with Gasteiger partial charge in [0, 0.05) is 18.5 Å². The first-order valence-electron chi connectivity index (χ1n) is 8.84. The summed E-state index contributed by atoms with van der Waals surface area (Å²) in [7, 11) is 0. The van der Waals surface area contributed by atoms with Gasteiger partial charge >= 0.3 is 0 Å². The van der Waals surface area contributed by atoms with Crippen molar-refractivity contribution in [3.05, 3.63) is 94.7 Å². The van der Waals surface area contributed by atoms with Gasteiger partial charge in [0.2, 0.25) is 0 Å². The van der Waals surface area contributed by atoms with E-state index in [0.717, 1.165) is 22.2 Å². The molecule has 3 nitrogen and oxygen atoms in total. The van der Waals surface area contributed by atoms with E-state index in [9.17, 15) is 9.18 Å². The van der Waals surface area contributed by atoms with Crippen LogP contribution in [-0.2, 0) is 13.0 Å². The summed E-state index contributed by atoms with van der Waals surface area (Å²) >= 11 is 1.59. The van der Waals surface area contributed by atoms with Gasteiger partial charge in [0.15, 0.2) is 0 Å². The van der Waals surface area contributed by atoms with Gasteiger partial charge in [-0.25, -0.2) is 4.39 Å². The van der Waals surface area contributed by atoms with E-state index in [1.54, 1.807) is 17.4 Å². The average molecular weight is 378 g/mol. The van der Waals surface area contributed by atoms with Crippen molar-refractivity contribution >= 4 is 27.5 Å². The molecule has 2 heterocycles. The molecule has 0 bridgehead atoms. The van der Waals surface area contributed by atoms with Crippen molar-refractivity contribution in [2.45, 2.75) is 13.0 Å². The lowest BCUT2D eigenvalue weighted by molar-refractivity contribution is 0.0946. The van der Waals surface area contributed by atoms with Crippen LogP contribution in [0.5, 0.6) is 0 Å². The first-order chi connectivity index (χ1) is 13.2. The van der Waals surface area contributed by atoms with Gasteiger partial charge in [-0.05, 0) is 47.2 Å². The van der Waals surface area contributed by atoms with E-state index >= 15 is 0 Å². The van der Waals surface area contributed by atoms with Gasteiger partial charge in [-0.1, -0.05) is 42.5 Å². The van der Waals surface area contributed by atoms with Crippen molar-refractivity contribution in [1.29, 1.82) is 0 Å². The molecule has 0 radical (unpaired) electrons. The minimum absolute atomic E-state index is 0.106.